The van der Waals surface area contributed by atoms with Gasteiger partial charge in [-0.05, 0) is 25.1 Å². The molecule has 0 aliphatic carbocycles. The second kappa shape index (κ2) is 7.08. The molecule has 25 heavy (non-hydrogen) atoms. The molecule has 0 unspecified atom stereocenters. The van der Waals surface area contributed by atoms with Crippen LogP contribution in [0.2, 0.25) is 0 Å². The van der Waals surface area contributed by atoms with Gasteiger partial charge < -0.3 is 4.74 Å². The molecule has 3 rings (SSSR count). The van der Waals surface area contributed by atoms with Crippen LogP contribution in [0, 0.1) is 10.1 Å². The first-order chi connectivity index (χ1) is 12.0. The SMILES string of the molecule is CC(C)Oc1ccc([N+](=O)[O-])cc1Cn1nnc(-c2ccccc2)n1. The lowest BCUT2D eigenvalue weighted by Gasteiger charge is -2.13. The molecule has 0 amide bonds. The number of non-ortho nitro benzene ring substituents is 1. The molecule has 2 aromatic carbocycles. The smallest absolute Gasteiger partial charge is 0.270 e. The molecule has 8 nitrogen and oxygen atoms in total. The molecule has 0 fully saturated rings. The van der Waals surface area contributed by atoms with E-state index in [1.807, 2.05) is 44.2 Å². The lowest BCUT2D eigenvalue weighted by Crippen LogP contribution is -2.11. The van der Waals surface area contributed by atoms with Gasteiger partial charge in [0, 0.05) is 23.3 Å². The highest BCUT2D eigenvalue weighted by Crippen LogP contribution is 2.26. The van der Waals surface area contributed by atoms with Gasteiger partial charge in [-0.2, -0.15) is 4.80 Å². The van der Waals surface area contributed by atoms with Crippen molar-refractivity contribution in [3.63, 3.8) is 0 Å². The minimum atomic E-state index is -0.438. The summed E-state index contributed by atoms with van der Waals surface area (Å²) in [6, 6.07) is 14.0. The predicted molar refractivity (Wildman–Crippen MR) is 91.2 cm³/mol. The third-order valence-corrected chi connectivity index (χ3v) is 3.41. The van der Waals surface area contributed by atoms with E-state index in [1.54, 1.807) is 6.07 Å². The molecule has 0 N–H and O–H groups in total. The van der Waals surface area contributed by atoms with Crippen LogP contribution in [0.25, 0.3) is 11.4 Å². The first-order valence-electron chi connectivity index (χ1n) is 7.80. The van der Waals surface area contributed by atoms with Crippen molar-refractivity contribution in [3.8, 4) is 17.1 Å². The van der Waals surface area contributed by atoms with Gasteiger partial charge in [-0.1, -0.05) is 30.3 Å². The van der Waals surface area contributed by atoms with E-state index in [0.717, 1.165) is 5.56 Å². The van der Waals surface area contributed by atoms with Crippen molar-refractivity contribution in [3.05, 3.63) is 64.2 Å². The fourth-order valence-electron chi connectivity index (χ4n) is 2.34. The van der Waals surface area contributed by atoms with Crippen molar-refractivity contribution in [2.45, 2.75) is 26.5 Å². The van der Waals surface area contributed by atoms with Crippen LogP contribution in [0.3, 0.4) is 0 Å². The molecular formula is C17H17N5O3. The Morgan fingerprint density at radius 3 is 2.64 bits per heavy atom. The van der Waals surface area contributed by atoms with E-state index >= 15 is 0 Å². The van der Waals surface area contributed by atoms with Crippen LogP contribution in [-0.4, -0.2) is 31.2 Å². The third-order valence-electron chi connectivity index (χ3n) is 3.41. The highest BCUT2D eigenvalue weighted by atomic mass is 16.6. The van der Waals surface area contributed by atoms with Crippen molar-refractivity contribution in [1.82, 2.24) is 20.2 Å². The largest absolute Gasteiger partial charge is 0.491 e. The summed E-state index contributed by atoms with van der Waals surface area (Å²) in [7, 11) is 0. The monoisotopic (exact) mass is 339 g/mol. The molecule has 1 aromatic heterocycles. The number of nitro groups is 1. The summed E-state index contributed by atoms with van der Waals surface area (Å²) < 4.78 is 5.73. The summed E-state index contributed by atoms with van der Waals surface area (Å²) in [5.41, 5.74) is 1.47. The van der Waals surface area contributed by atoms with Crippen molar-refractivity contribution in [1.29, 1.82) is 0 Å². The molecule has 0 saturated heterocycles. The zero-order chi connectivity index (χ0) is 17.8. The van der Waals surface area contributed by atoms with Crippen molar-refractivity contribution in [2.75, 3.05) is 0 Å². The molecule has 0 atom stereocenters. The van der Waals surface area contributed by atoms with Gasteiger partial charge in [0.25, 0.3) is 5.69 Å². The first kappa shape index (κ1) is 16.6. The van der Waals surface area contributed by atoms with Gasteiger partial charge in [0.2, 0.25) is 5.82 Å². The zero-order valence-electron chi connectivity index (χ0n) is 13.9. The van der Waals surface area contributed by atoms with Crippen LogP contribution >= 0.6 is 0 Å². The number of hydrogen-bond donors (Lipinski definition) is 0. The second-order valence-corrected chi connectivity index (χ2v) is 5.73. The number of ether oxygens (including phenoxy) is 1. The number of aromatic nitrogens is 4. The standard InChI is InChI=1S/C17H17N5O3/c1-12(2)25-16-9-8-15(22(23)24)10-14(16)11-21-19-17(18-20-21)13-6-4-3-5-7-13/h3-10,12H,11H2,1-2H3. The van der Waals surface area contributed by atoms with Gasteiger partial charge in [0.05, 0.1) is 17.6 Å². The Bertz CT molecular complexity index is 877. The Kier molecular flexibility index (Phi) is 4.69. The lowest BCUT2D eigenvalue weighted by atomic mass is 10.1. The maximum absolute atomic E-state index is 11.0. The average Bonchev–Trinajstić information content (AvgIpc) is 3.05. The Hall–Kier alpha value is -3.29. The summed E-state index contributed by atoms with van der Waals surface area (Å²) in [6.07, 6.45) is -0.0520. The minimum Gasteiger partial charge on any atom is -0.491 e. The predicted octanol–water partition coefficient (Wildman–Crippen LogP) is 3.08. The topological polar surface area (TPSA) is 96.0 Å². The summed E-state index contributed by atoms with van der Waals surface area (Å²) in [4.78, 5) is 12.0. The summed E-state index contributed by atoms with van der Waals surface area (Å²) in [5, 5.41) is 23.5. The fraction of sp³-hybridized carbons (Fsp3) is 0.235. The number of benzene rings is 2. The van der Waals surface area contributed by atoms with Gasteiger partial charge in [-0.25, -0.2) is 0 Å². The van der Waals surface area contributed by atoms with Crippen molar-refractivity contribution >= 4 is 5.69 Å². The van der Waals surface area contributed by atoms with Gasteiger partial charge in [-0.15, -0.1) is 10.2 Å². The maximum Gasteiger partial charge on any atom is 0.270 e. The normalized spacial score (nSPS) is 10.8. The van der Waals surface area contributed by atoms with Crippen molar-refractivity contribution < 1.29 is 9.66 Å². The van der Waals surface area contributed by atoms with E-state index in [4.69, 9.17) is 4.74 Å². The van der Waals surface area contributed by atoms with Crippen LogP contribution < -0.4 is 4.74 Å². The molecular weight excluding hydrogens is 322 g/mol. The van der Waals surface area contributed by atoms with E-state index in [0.29, 0.717) is 17.1 Å². The number of hydrogen-bond acceptors (Lipinski definition) is 6. The zero-order valence-corrected chi connectivity index (χ0v) is 13.9. The van der Waals surface area contributed by atoms with Crippen LogP contribution in [0.1, 0.15) is 19.4 Å². The van der Waals surface area contributed by atoms with E-state index in [-0.39, 0.29) is 18.3 Å². The Labute approximate surface area is 144 Å². The number of nitrogens with zero attached hydrogens (tertiary/aromatic N) is 5. The van der Waals surface area contributed by atoms with E-state index in [1.165, 1.54) is 16.9 Å². The number of tetrazole rings is 1. The molecule has 0 aliphatic rings. The molecule has 8 heteroatoms. The van der Waals surface area contributed by atoms with Crippen LogP contribution in [0.4, 0.5) is 5.69 Å². The molecule has 0 bridgehead atoms. The van der Waals surface area contributed by atoms with Crippen LogP contribution in [0.15, 0.2) is 48.5 Å². The molecule has 1 heterocycles. The highest BCUT2D eigenvalue weighted by Gasteiger charge is 2.15. The molecule has 0 spiro atoms. The molecule has 0 saturated carbocycles. The number of nitro benzene ring substituents is 1. The fourth-order valence-corrected chi connectivity index (χ4v) is 2.34. The minimum absolute atomic E-state index is 0.00509. The lowest BCUT2D eigenvalue weighted by molar-refractivity contribution is -0.384. The maximum atomic E-state index is 11.0. The Morgan fingerprint density at radius 2 is 1.96 bits per heavy atom. The van der Waals surface area contributed by atoms with Gasteiger partial charge in [-0.3, -0.25) is 10.1 Å². The number of rotatable bonds is 6. The second-order valence-electron chi connectivity index (χ2n) is 5.73. The Morgan fingerprint density at radius 1 is 1.20 bits per heavy atom. The first-order valence-corrected chi connectivity index (χ1v) is 7.80. The van der Waals surface area contributed by atoms with E-state index < -0.39 is 4.92 Å². The molecule has 0 radical (unpaired) electrons. The Balaban J connectivity index is 1.90. The third kappa shape index (κ3) is 3.97. The molecule has 0 aliphatic heterocycles. The van der Waals surface area contributed by atoms with E-state index in [9.17, 15) is 10.1 Å². The summed E-state index contributed by atoms with van der Waals surface area (Å²) in [5.74, 6) is 1.07. The highest BCUT2D eigenvalue weighted by molar-refractivity contribution is 5.53. The summed E-state index contributed by atoms with van der Waals surface area (Å²) in [6.45, 7) is 4.02. The summed E-state index contributed by atoms with van der Waals surface area (Å²) >= 11 is 0. The van der Waals surface area contributed by atoms with Crippen molar-refractivity contribution in [2.24, 2.45) is 0 Å². The quantitative estimate of drug-likeness (QED) is 0.506. The van der Waals surface area contributed by atoms with Crippen LogP contribution in [-0.2, 0) is 6.54 Å². The van der Waals surface area contributed by atoms with Crippen LogP contribution in [0.5, 0.6) is 5.75 Å². The molecule has 3 aromatic rings. The van der Waals surface area contributed by atoms with Gasteiger partial charge in [0.15, 0.2) is 0 Å². The molecule has 128 valence electrons. The van der Waals surface area contributed by atoms with Gasteiger partial charge >= 0.3 is 0 Å². The van der Waals surface area contributed by atoms with E-state index in [2.05, 4.69) is 15.4 Å². The average molecular weight is 339 g/mol. The van der Waals surface area contributed by atoms with Gasteiger partial charge in [0.1, 0.15) is 5.75 Å².